The van der Waals surface area contributed by atoms with Crippen molar-refractivity contribution in [2.75, 3.05) is 26.7 Å². The van der Waals surface area contributed by atoms with E-state index >= 15 is 0 Å². The van der Waals surface area contributed by atoms with Crippen molar-refractivity contribution in [1.29, 1.82) is 0 Å². The van der Waals surface area contributed by atoms with Crippen LogP contribution in [0.2, 0.25) is 0 Å². The number of ether oxygens (including phenoxy) is 1. The van der Waals surface area contributed by atoms with E-state index in [1.165, 1.54) is 5.56 Å². The second-order valence-corrected chi connectivity index (χ2v) is 8.62. The number of aliphatic carboxylic acids is 1. The maximum atomic E-state index is 12.8. The van der Waals surface area contributed by atoms with E-state index in [1.807, 2.05) is 17.0 Å². The number of carbonyl (C=O) groups excluding carboxylic acids is 1. The monoisotopic (exact) mass is 398 g/mol. The highest BCUT2D eigenvalue weighted by molar-refractivity contribution is 6.03. The molecule has 2 atom stereocenters. The molecule has 156 valence electrons. The van der Waals surface area contributed by atoms with Gasteiger partial charge >= 0.3 is 5.97 Å². The molecule has 1 saturated heterocycles. The van der Waals surface area contributed by atoms with Gasteiger partial charge in [-0.25, -0.2) is 0 Å². The summed E-state index contributed by atoms with van der Waals surface area (Å²) in [6, 6.07) is 6.12. The highest BCUT2D eigenvalue weighted by atomic mass is 16.5. The van der Waals surface area contributed by atoms with Crippen LogP contribution < -0.4 is 4.74 Å². The van der Waals surface area contributed by atoms with Crippen LogP contribution in [0.5, 0.6) is 5.75 Å². The largest absolute Gasteiger partial charge is 0.497 e. The molecule has 6 heteroatoms. The van der Waals surface area contributed by atoms with Crippen molar-refractivity contribution in [2.24, 2.45) is 22.7 Å². The lowest BCUT2D eigenvalue weighted by atomic mass is 9.77. The summed E-state index contributed by atoms with van der Waals surface area (Å²) in [4.78, 5) is 31.0. The molecule has 3 aliphatic rings. The quantitative estimate of drug-likeness (QED) is 0.798. The van der Waals surface area contributed by atoms with Gasteiger partial charge in [0.05, 0.1) is 7.11 Å². The number of piperidine rings is 1. The van der Waals surface area contributed by atoms with Crippen LogP contribution in [-0.4, -0.2) is 54.3 Å². The molecule has 2 heterocycles. The van der Waals surface area contributed by atoms with Gasteiger partial charge in [0.2, 0.25) is 5.91 Å². The van der Waals surface area contributed by atoms with Crippen molar-refractivity contribution in [3.63, 3.8) is 0 Å². The number of carbonyl (C=O) groups is 2. The molecule has 1 aromatic rings. The molecule has 0 radical (unpaired) electrons. The van der Waals surface area contributed by atoms with Gasteiger partial charge in [0.1, 0.15) is 5.75 Å². The topological polar surface area (TPSA) is 79.2 Å². The van der Waals surface area contributed by atoms with Crippen LogP contribution in [0, 0.1) is 17.8 Å². The van der Waals surface area contributed by atoms with Gasteiger partial charge in [0, 0.05) is 43.2 Å². The van der Waals surface area contributed by atoms with Gasteiger partial charge in [0.25, 0.3) is 0 Å². The van der Waals surface area contributed by atoms with Crippen LogP contribution in [0.1, 0.15) is 49.7 Å². The maximum absolute atomic E-state index is 12.8. The number of hydrogen-bond acceptors (Lipinski definition) is 4. The number of rotatable bonds is 6. The van der Waals surface area contributed by atoms with Gasteiger partial charge in [-0.1, -0.05) is 12.5 Å². The van der Waals surface area contributed by atoms with E-state index in [2.05, 4.69) is 6.07 Å². The Bertz CT molecular complexity index is 815. The zero-order chi connectivity index (χ0) is 20.4. The van der Waals surface area contributed by atoms with Gasteiger partial charge in [0.15, 0.2) is 0 Å². The molecule has 0 unspecified atom stereocenters. The lowest BCUT2D eigenvalue weighted by Gasteiger charge is -2.41. The summed E-state index contributed by atoms with van der Waals surface area (Å²) < 4.78 is 5.40. The Balaban J connectivity index is 1.54. The molecule has 0 aromatic heterocycles. The minimum Gasteiger partial charge on any atom is -0.497 e. The van der Waals surface area contributed by atoms with E-state index in [1.54, 1.807) is 7.11 Å². The molecular weight excluding hydrogens is 368 g/mol. The Kier molecular flexibility index (Phi) is 5.88. The fourth-order valence-corrected chi connectivity index (χ4v) is 4.91. The van der Waals surface area contributed by atoms with Gasteiger partial charge in [-0.3, -0.25) is 14.6 Å². The summed E-state index contributed by atoms with van der Waals surface area (Å²) in [6.45, 7) is 2.09. The van der Waals surface area contributed by atoms with Crippen molar-refractivity contribution in [2.45, 2.75) is 44.9 Å². The van der Waals surface area contributed by atoms with Crippen molar-refractivity contribution < 1.29 is 19.4 Å². The zero-order valence-corrected chi connectivity index (χ0v) is 17.1. The predicted molar refractivity (Wildman–Crippen MR) is 110 cm³/mol. The van der Waals surface area contributed by atoms with Crippen LogP contribution >= 0.6 is 0 Å². The third kappa shape index (κ3) is 4.31. The highest BCUT2D eigenvalue weighted by Crippen LogP contribution is 2.35. The van der Waals surface area contributed by atoms with E-state index < -0.39 is 5.97 Å². The zero-order valence-electron chi connectivity index (χ0n) is 17.1. The second kappa shape index (κ2) is 8.56. The summed E-state index contributed by atoms with van der Waals surface area (Å²) in [5.74, 6) is 0.708. The summed E-state index contributed by atoms with van der Waals surface area (Å²) in [6.07, 6.45) is 5.69. The molecule has 1 aromatic carbocycles. The van der Waals surface area contributed by atoms with Crippen molar-refractivity contribution >= 4 is 17.6 Å². The van der Waals surface area contributed by atoms with Crippen LogP contribution in [0.15, 0.2) is 23.2 Å². The fraction of sp³-hybridized carbons (Fsp3) is 0.609. The summed E-state index contributed by atoms with van der Waals surface area (Å²) >= 11 is 0. The lowest BCUT2D eigenvalue weighted by Crippen LogP contribution is -2.48. The fourth-order valence-electron chi connectivity index (χ4n) is 4.91. The standard InChI is InChI=1S/C23H30N2O4/c1-29-19-6-5-15-7-9-24-21(20(15)13-19)11-18-14-25(23(28)16-3-2-4-16)10-8-17(18)12-22(26)27/h5-6,13,16-18H,2-4,7-12,14H2,1H3,(H,26,27)/t17-,18-/m0/s1. The van der Waals surface area contributed by atoms with Crippen LogP contribution in [0.4, 0.5) is 0 Å². The SMILES string of the molecule is COc1ccc2c(c1)C(C[C@H]1CN(C(=O)C3CCC3)CC[C@H]1CC(=O)O)=NCC2. The van der Waals surface area contributed by atoms with Gasteiger partial charge in [-0.15, -0.1) is 0 Å². The molecule has 1 aliphatic carbocycles. The second-order valence-electron chi connectivity index (χ2n) is 8.62. The molecule has 29 heavy (non-hydrogen) atoms. The summed E-state index contributed by atoms with van der Waals surface area (Å²) in [7, 11) is 1.66. The smallest absolute Gasteiger partial charge is 0.303 e. The lowest BCUT2D eigenvalue weighted by molar-refractivity contribution is -0.142. The molecule has 1 saturated carbocycles. The van der Waals surface area contributed by atoms with Gasteiger partial charge in [-0.2, -0.15) is 0 Å². The Morgan fingerprint density at radius 1 is 1.24 bits per heavy atom. The number of amides is 1. The highest BCUT2D eigenvalue weighted by Gasteiger charge is 2.37. The number of nitrogens with zero attached hydrogens (tertiary/aromatic N) is 2. The van der Waals surface area contributed by atoms with Crippen LogP contribution in [0.3, 0.4) is 0 Å². The van der Waals surface area contributed by atoms with E-state index in [9.17, 15) is 14.7 Å². The minimum absolute atomic E-state index is 0.0802. The molecule has 1 N–H and O–H groups in total. The molecule has 1 amide bonds. The molecule has 2 aliphatic heterocycles. The van der Waals surface area contributed by atoms with E-state index in [0.29, 0.717) is 19.5 Å². The Hall–Kier alpha value is -2.37. The normalized spacial score (nSPS) is 24.3. The first-order valence-corrected chi connectivity index (χ1v) is 10.8. The van der Waals surface area contributed by atoms with Crippen molar-refractivity contribution in [3.05, 3.63) is 29.3 Å². The molecule has 2 fully saturated rings. The Morgan fingerprint density at radius 3 is 2.76 bits per heavy atom. The van der Waals surface area contributed by atoms with E-state index in [0.717, 1.165) is 55.7 Å². The third-order valence-electron chi connectivity index (χ3n) is 6.86. The first-order chi connectivity index (χ1) is 14.0. The number of carboxylic acid groups (broad SMARTS) is 1. The van der Waals surface area contributed by atoms with Crippen LogP contribution in [0.25, 0.3) is 0 Å². The van der Waals surface area contributed by atoms with Crippen LogP contribution in [-0.2, 0) is 16.0 Å². The minimum atomic E-state index is -0.758. The maximum Gasteiger partial charge on any atom is 0.303 e. The Labute approximate surface area is 172 Å². The molecule has 0 bridgehead atoms. The number of benzene rings is 1. The number of hydrogen-bond donors (Lipinski definition) is 1. The average molecular weight is 399 g/mol. The van der Waals surface area contributed by atoms with E-state index in [-0.39, 0.29) is 30.1 Å². The van der Waals surface area contributed by atoms with Crippen molar-refractivity contribution in [3.8, 4) is 5.75 Å². The first kappa shape index (κ1) is 19.9. The average Bonchev–Trinajstić information content (AvgIpc) is 2.67. The number of fused-ring (bicyclic) bond motifs is 1. The summed E-state index contributed by atoms with van der Waals surface area (Å²) in [5.41, 5.74) is 3.42. The number of methoxy groups -OCH3 is 1. The number of aliphatic imine (C=N–C) groups is 1. The number of carboxylic acids is 1. The molecular formula is C23H30N2O4. The van der Waals surface area contributed by atoms with Gasteiger partial charge in [-0.05, 0) is 61.6 Å². The predicted octanol–water partition coefficient (Wildman–Crippen LogP) is 3.17. The van der Waals surface area contributed by atoms with E-state index in [4.69, 9.17) is 9.73 Å². The molecule has 0 spiro atoms. The third-order valence-corrected chi connectivity index (χ3v) is 6.86. The number of likely N-dealkylation sites (tertiary alicyclic amines) is 1. The molecule has 6 nitrogen and oxygen atoms in total. The summed E-state index contributed by atoms with van der Waals surface area (Å²) in [5, 5.41) is 9.40. The van der Waals surface area contributed by atoms with Crippen molar-refractivity contribution in [1.82, 2.24) is 4.90 Å². The molecule has 4 rings (SSSR count). The first-order valence-electron chi connectivity index (χ1n) is 10.8. The van der Waals surface area contributed by atoms with Gasteiger partial charge < -0.3 is 14.7 Å². The Morgan fingerprint density at radius 2 is 2.07 bits per heavy atom.